The second-order valence-electron chi connectivity index (χ2n) is 4.02. The van der Waals surface area contributed by atoms with Gasteiger partial charge in [0.2, 0.25) is 10.0 Å². The lowest BCUT2D eigenvalue weighted by molar-refractivity contribution is 0.256. The zero-order chi connectivity index (χ0) is 12.8. The summed E-state index contributed by atoms with van der Waals surface area (Å²) in [6.07, 6.45) is 1.10. The van der Waals surface area contributed by atoms with Crippen LogP contribution in [0.3, 0.4) is 0 Å². The molecule has 1 saturated carbocycles. The highest BCUT2D eigenvalue weighted by atomic mass is 32.2. The number of hydrogen-bond donors (Lipinski definition) is 1. The minimum Gasteiger partial charge on any atom is -0.359 e. The van der Waals surface area contributed by atoms with E-state index in [2.05, 4.69) is 5.16 Å². The number of sulfonamides is 1. The molecule has 1 aromatic rings. The molecule has 0 aromatic carbocycles. The summed E-state index contributed by atoms with van der Waals surface area (Å²) in [5, 5.41) is 3.10. The smallest absolute Gasteiger partial charge is 0.333 e. The van der Waals surface area contributed by atoms with Gasteiger partial charge in [-0.3, -0.25) is 0 Å². The maximum atomic E-state index is 12.1. The number of nitrogens with zero attached hydrogens (tertiary/aromatic N) is 2. The fraction of sp³-hybridized carbons (Fsp3) is 0.556. The summed E-state index contributed by atoms with van der Waals surface area (Å²) in [6, 6.07) is -1.04. The van der Waals surface area contributed by atoms with Crippen LogP contribution in [0.15, 0.2) is 4.52 Å². The molecule has 7 nitrogen and oxygen atoms in total. The van der Waals surface area contributed by atoms with Crippen LogP contribution in [0.25, 0.3) is 0 Å². The van der Waals surface area contributed by atoms with Gasteiger partial charge in [-0.05, 0) is 26.7 Å². The molecule has 2 amide bonds. The van der Waals surface area contributed by atoms with E-state index in [0.29, 0.717) is 22.8 Å². The molecule has 2 rings (SSSR count). The summed E-state index contributed by atoms with van der Waals surface area (Å²) in [5.41, 5.74) is 5.61. The fourth-order valence-corrected chi connectivity index (χ4v) is 3.44. The van der Waals surface area contributed by atoms with Crippen LogP contribution >= 0.6 is 0 Å². The van der Waals surface area contributed by atoms with Gasteiger partial charge in [-0.1, -0.05) is 5.16 Å². The van der Waals surface area contributed by atoms with Crippen molar-refractivity contribution in [2.24, 2.45) is 5.73 Å². The summed E-state index contributed by atoms with van der Waals surface area (Å²) in [7, 11) is -3.74. The first-order valence-electron chi connectivity index (χ1n) is 5.12. The van der Waals surface area contributed by atoms with E-state index in [1.54, 1.807) is 6.92 Å². The molecule has 0 atom stereocenters. The molecule has 0 saturated heterocycles. The number of urea groups is 1. The Morgan fingerprint density at radius 3 is 2.41 bits per heavy atom. The number of rotatable bonds is 3. The number of nitrogens with two attached hydrogens (primary N) is 1. The molecule has 0 unspecified atom stereocenters. The van der Waals surface area contributed by atoms with Crippen molar-refractivity contribution in [1.29, 1.82) is 0 Å². The third kappa shape index (κ3) is 1.88. The van der Waals surface area contributed by atoms with Crippen molar-refractivity contribution in [3.8, 4) is 0 Å². The summed E-state index contributed by atoms with van der Waals surface area (Å²) in [4.78, 5) is 11.4. The Bertz CT molecular complexity index is 539. The standard InChI is InChI=1S/C9H13N3O4S/c1-5-8(6(2)16-11-5)12(9(10)13)17(14,15)7-3-4-7/h7H,3-4H2,1-2H3,(H2,10,13). The second-order valence-corrected chi connectivity index (χ2v) is 6.08. The maximum Gasteiger partial charge on any atom is 0.333 e. The number of carbonyl (C=O) groups is 1. The molecule has 8 heteroatoms. The third-order valence-electron chi connectivity index (χ3n) is 2.60. The monoisotopic (exact) mass is 259 g/mol. The van der Waals surface area contributed by atoms with Gasteiger partial charge in [-0.2, -0.15) is 4.31 Å². The van der Waals surface area contributed by atoms with Gasteiger partial charge in [0.15, 0.2) is 5.76 Å². The Morgan fingerprint density at radius 2 is 2.06 bits per heavy atom. The van der Waals surface area contributed by atoms with E-state index < -0.39 is 21.3 Å². The lowest BCUT2D eigenvalue weighted by Gasteiger charge is -2.19. The summed E-state index contributed by atoms with van der Waals surface area (Å²) < 4.78 is 29.6. The zero-order valence-corrected chi connectivity index (χ0v) is 10.3. The summed E-state index contributed by atoms with van der Waals surface area (Å²) in [5.74, 6) is 0.255. The summed E-state index contributed by atoms with van der Waals surface area (Å²) >= 11 is 0. The van der Waals surface area contributed by atoms with E-state index in [4.69, 9.17) is 10.3 Å². The van der Waals surface area contributed by atoms with Gasteiger partial charge in [0.25, 0.3) is 0 Å². The maximum absolute atomic E-state index is 12.1. The number of anilines is 1. The van der Waals surface area contributed by atoms with Gasteiger partial charge in [0.05, 0.1) is 5.25 Å². The van der Waals surface area contributed by atoms with Crippen LogP contribution in [0.1, 0.15) is 24.3 Å². The van der Waals surface area contributed by atoms with Crippen LogP contribution in [0.5, 0.6) is 0 Å². The van der Waals surface area contributed by atoms with Crippen LogP contribution in [0.4, 0.5) is 10.5 Å². The van der Waals surface area contributed by atoms with E-state index in [-0.39, 0.29) is 11.4 Å². The van der Waals surface area contributed by atoms with E-state index in [9.17, 15) is 13.2 Å². The fourth-order valence-electron chi connectivity index (χ4n) is 1.65. The summed E-state index contributed by atoms with van der Waals surface area (Å²) in [6.45, 7) is 3.10. The lowest BCUT2D eigenvalue weighted by Crippen LogP contribution is -2.43. The van der Waals surface area contributed by atoms with Gasteiger partial charge in [-0.25, -0.2) is 13.2 Å². The molecular formula is C9H13N3O4S. The highest BCUT2D eigenvalue weighted by Crippen LogP contribution is 2.35. The van der Waals surface area contributed by atoms with Crippen LogP contribution in [-0.2, 0) is 10.0 Å². The predicted octanol–water partition coefficient (Wildman–Crippen LogP) is 0.669. The van der Waals surface area contributed by atoms with Crippen molar-refractivity contribution >= 4 is 21.7 Å². The van der Waals surface area contributed by atoms with Gasteiger partial charge in [0.1, 0.15) is 11.4 Å². The van der Waals surface area contributed by atoms with Crippen molar-refractivity contribution in [1.82, 2.24) is 5.16 Å². The highest BCUT2D eigenvalue weighted by molar-refractivity contribution is 7.94. The molecule has 1 aromatic heterocycles. The van der Waals surface area contributed by atoms with Gasteiger partial charge in [-0.15, -0.1) is 0 Å². The largest absolute Gasteiger partial charge is 0.359 e. The molecule has 17 heavy (non-hydrogen) atoms. The molecule has 1 aliphatic carbocycles. The molecule has 0 bridgehead atoms. The van der Waals surface area contributed by atoms with E-state index in [1.807, 2.05) is 0 Å². The molecule has 0 aliphatic heterocycles. The SMILES string of the molecule is Cc1noc(C)c1N(C(N)=O)S(=O)(=O)C1CC1. The Morgan fingerprint density at radius 1 is 1.47 bits per heavy atom. The van der Waals surface area contributed by atoms with Crippen LogP contribution in [0, 0.1) is 13.8 Å². The number of hydrogen-bond acceptors (Lipinski definition) is 5. The predicted molar refractivity (Wildman–Crippen MR) is 60.0 cm³/mol. The lowest BCUT2D eigenvalue weighted by atomic mass is 10.3. The van der Waals surface area contributed by atoms with Crippen molar-refractivity contribution in [3.05, 3.63) is 11.5 Å². The Kier molecular flexibility index (Phi) is 2.61. The van der Waals surface area contributed by atoms with Crippen LogP contribution < -0.4 is 10.0 Å². The van der Waals surface area contributed by atoms with Crippen molar-refractivity contribution < 1.29 is 17.7 Å². The quantitative estimate of drug-likeness (QED) is 0.858. The Balaban J connectivity index is 2.54. The molecular weight excluding hydrogens is 246 g/mol. The number of amides is 2. The second kappa shape index (κ2) is 3.73. The average molecular weight is 259 g/mol. The topological polar surface area (TPSA) is 106 Å². The minimum atomic E-state index is -3.74. The average Bonchev–Trinajstić information content (AvgIpc) is 3.00. The minimum absolute atomic E-state index is 0.129. The van der Waals surface area contributed by atoms with Crippen LogP contribution in [0.2, 0.25) is 0 Å². The number of aryl methyl sites for hydroxylation is 2. The zero-order valence-electron chi connectivity index (χ0n) is 9.50. The van der Waals surface area contributed by atoms with Crippen molar-refractivity contribution in [2.45, 2.75) is 31.9 Å². The molecule has 0 spiro atoms. The molecule has 94 valence electrons. The van der Waals surface area contributed by atoms with E-state index in [1.165, 1.54) is 6.92 Å². The molecule has 1 heterocycles. The number of aromatic nitrogens is 1. The van der Waals surface area contributed by atoms with Gasteiger partial charge in [0, 0.05) is 0 Å². The molecule has 2 N–H and O–H groups in total. The Labute approximate surface area is 98.6 Å². The van der Waals surface area contributed by atoms with Crippen LogP contribution in [-0.4, -0.2) is 24.9 Å². The van der Waals surface area contributed by atoms with E-state index in [0.717, 1.165) is 0 Å². The third-order valence-corrected chi connectivity index (χ3v) is 4.78. The first-order chi connectivity index (χ1) is 7.85. The molecule has 0 radical (unpaired) electrons. The van der Waals surface area contributed by atoms with E-state index >= 15 is 0 Å². The first-order valence-corrected chi connectivity index (χ1v) is 6.62. The first kappa shape index (κ1) is 11.9. The van der Waals surface area contributed by atoms with Crippen molar-refractivity contribution in [2.75, 3.05) is 4.31 Å². The molecule has 1 fully saturated rings. The van der Waals surface area contributed by atoms with Gasteiger partial charge < -0.3 is 10.3 Å². The van der Waals surface area contributed by atoms with Crippen molar-refractivity contribution in [3.63, 3.8) is 0 Å². The Hall–Kier alpha value is -1.57. The van der Waals surface area contributed by atoms with Gasteiger partial charge >= 0.3 is 6.03 Å². The molecule has 1 aliphatic rings. The highest BCUT2D eigenvalue weighted by Gasteiger charge is 2.44. The number of carbonyl (C=O) groups excluding carboxylic acids is 1. The normalized spacial score (nSPS) is 15.9. The number of primary amides is 1.